The Morgan fingerprint density at radius 2 is 1.86 bits per heavy atom. The zero-order chi connectivity index (χ0) is 15.5. The van der Waals surface area contributed by atoms with Gasteiger partial charge in [0.1, 0.15) is 17.9 Å². The second kappa shape index (κ2) is 6.20. The van der Waals surface area contributed by atoms with E-state index in [1.807, 2.05) is 42.5 Å². The smallest absolute Gasteiger partial charge is 0.137 e. The lowest BCUT2D eigenvalue weighted by Gasteiger charge is -2.16. The summed E-state index contributed by atoms with van der Waals surface area (Å²) in [6, 6.07) is 13.7. The van der Waals surface area contributed by atoms with Crippen LogP contribution in [-0.2, 0) is 0 Å². The molecule has 22 heavy (non-hydrogen) atoms. The van der Waals surface area contributed by atoms with E-state index in [-0.39, 0.29) is 6.04 Å². The van der Waals surface area contributed by atoms with Crippen molar-refractivity contribution in [3.05, 3.63) is 59.4 Å². The van der Waals surface area contributed by atoms with Gasteiger partial charge in [0.2, 0.25) is 0 Å². The topological polar surface area (TPSA) is 47.0 Å². The molecule has 0 bridgehead atoms. The lowest BCUT2D eigenvalue weighted by atomic mass is 10.1. The van der Waals surface area contributed by atoms with Gasteiger partial charge in [-0.2, -0.15) is 0 Å². The van der Waals surface area contributed by atoms with Gasteiger partial charge >= 0.3 is 0 Å². The third-order valence-corrected chi connectivity index (χ3v) is 3.82. The van der Waals surface area contributed by atoms with Crippen molar-refractivity contribution in [3.8, 4) is 5.75 Å². The molecule has 0 spiro atoms. The van der Waals surface area contributed by atoms with E-state index in [2.05, 4.69) is 22.2 Å². The Balaban J connectivity index is 1.91. The summed E-state index contributed by atoms with van der Waals surface area (Å²) in [5, 5.41) is 5.12. The first-order chi connectivity index (χ1) is 10.7. The second-order valence-corrected chi connectivity index (χ2v) is 5.46. The fraction of sp³-hybridized carbons (Fsp3) is 0.176. The number of methoxy groups -OCH3 is 1. The molecule has 0 fully saturated rings. The van der Waals surface area contributed by atoms with Crippen LogP contribution in [0.15, 0.2) is 48.8 Å². The molecule has 0 radical (unpaired) electrons. The molecule has 0 aliphatic heterocycles. The number of nitrogens with zero attached hydrogens (tertiary/aromatic N) is 2. The van der Waals surface area contributed by atoms with E-state index in [0.29, 0.717) is 0 Å². The third-order valence-electron chi connectivity index (χ3n) is 3.57. The summed E-state index contributed by atoms with van der Waals surface area (Å²) in [6.07, 6.45) is 1.55. The fourth-order valence-electron chi connectivity index (χ4n) is 2.32. The number of fused-ring (bicyclic) bond motifs is 1. The van der Waals surface area contributed by atoms with Gasteiger partial charge in [0, 0.05) is 22.5 Å². The molecule has 0 aliphatic carbocycles. The van der Waals surface area contributed by atoms with Crippen LogP contribution in [0.4, 0.5) is 5.82 Å². The molecule has 1 atom stereocenters. The largest absolute Gasteiger partial charge is 0.497 e. The van der Waals surface area contributed by atoms with Crippen molar-refractivity contribution in [1.82, 2.24) is 9.97 Å². The molecular weight excluding hydrogens is 298 g/mol. The molecule has 0 amide bonds. The van der Waals surface area contributed by atoms with Crippen molar-refractivity contribution in [2.45, 2.75) is 13.0 Å². The van der Waals surface area contributed by atoms with Crippen LogP contribution in [-0.4, -0.2) is 17.1 Å². The normalized spacial score (nSPS) is 12.1. The number of aromatic nitrogens is 2. The van der Waals surface area contributed by atoms with Crippen LogP contribution >= 0.6 is 11.6 Å². The third kappa shape index (κ3) is 2.97. The number of nitrogens with one attached hydrogen (secondary N) is 1. The van der Waals surface area contributed by atoms with Gasteiger partial charge in [-0.3, -0.25) is 0 Å². The Hall–Kier alpha value is -2.33. The zero-order valence-corrected chi connectivity index (χ0v) is 13.1. The van der Waals surface area contributed by atoms with Crippen molar-refractivity contribution in [2.24, 2.45) is 0 Å². The van der Waals surface area contributed by atoms with Crippen molar-refractivity contribution >= 4 is 28.3 Å². The minimum atomic E-state index is 0.109. The van der Waals surface area contributed by atoms with Gasteiger partial charge in [-0.1, -0.05) is 23.7 Å². The second-order valence-electron chi connectivity index (χ2n) is 5.02. The first-order valence-electron chi connectivity index (χ1n) is 6.98. The maximum absolute atomic E-state index is 5.93. The molecule has 5 heteroatoms. The molecule has 1 N–H and O–H groups in total. The first-order valence-corrected chi connectivity index (χ1v) is 7.36. The number of hydrogen-bond acceptors (Lipinski definition) is 4. The standard InChI is InChI=1S/C17H16ClN3O/c1-11(12-3-5-13(18)6-4-12)21-17-15-8-7-14(22-2)9-16(15)19-10-20-17/h3-11H,1-2H3,(H,19,20,21)/t11-/m1/s1. The van der Waals surface area contributed by atoms with Crippen LogP contribution in [0.2, 0.25) is 5.02 Å². The van der Waals surface area contributed by atoms with Crippen LogP contribution in [0.25, 0.3) is 10.9 Å². The highest BCUT2D eigenvalue weighted by molar-refractivity contribution is 6.30. The molecular formula is C17H16ClN3O. The van der Waals surface area contributed by atoms with Crippen LogP contribution in [0.1, 0.15) is 18.5 Å². The van der Waals surface area contributed by atoms with Crippen molar-refractivity contribution in [3.63, 3.8) is 0 Å². The molecule has 112 valence electrons. The van der Waals surface area contributed by atoms with E-state index < -0.39 is 0 Å². The summed E-state index contributed by atoms with van der Waals surface area (Å²) in [7, 11) is 1.64. The molecule has 2 aromatic carbocycles. The van der Waals surface area contributed by atoms with Crippen molar-refractivity contribution < 1.29 is 4.74 Å². The number of anilines is 1. The molecule has 1 aromatic heterocycles. The molecule has 0 unspecified atom stereocenters. The molecule has 0 saturated carbocycles. The van der Waals surface area contributed by atoms with E-state index in [9.17, 15) is 0 Å². The van der Waals surface area contributed by atoms with Gasteiger partial charge in [0.05, 0.1) is 12.6 Å². The summed E-state index contributed by atoms with van der Waals surface area (Å²) < 4.78 is 5.23. The quantitative estimate of drug-likeness (QED) is 0.772. The SMILES string of the molecule is COc1ccc2c(N[C@H](C)c3ccc(Cl)cc3)ncnc2c1. The predicted molar refractivity (Wildman–Crippen MR) is 89.6 cm³/mol. The molecule has 3 rings (SSSR count). The Morgan fingerprint density at radius 3 is 2.59 bits per heavy atom. The Labute approximate surface area is 134 Å². The van der Waals surface area contributed by atoms with E-state index in [0.717, 1.165) is 33.1 Å². The monoisotopic (exact) mass is 313 g/mol. The summed E-state index contributed by atoms with van der Waals surface area (Å²) >= 11 is 5.93. The van der Waals surface area contributed by atoms with Gasteiger partial charge in [-0.05, 0) is 36.8 Å². The fourth-order valence-corrected chi connectivity index (χ4v) is 2.44. The van der Waals surface area contributed by atoms with E-state index in [1.54, 1.807) is 13.4 Å². The average Bonchev–Trinajstić information content (AvgIpc) is 2.55. The number of ether oxygens (including phenoxy) is 1. The van der Waals surface area contributed by atoms with Crippen LogP contribution in [0.3, 0.4) is 0 Å². The van der Waals surface area contributed by atoms with E-state index in [1.165, 1.54) is 0 Å². The van der Waals surface area contributed by atoms with Gasteiger partial charge in [-0.15, -0.1) is 0 Å². The van der Waals surface area contributed by atoms with Crippen LogP contribution in [0, 0.1) is 0 Å². The number of hydrogen-bond donors (Lipinski definition) is 1. The Bertz CT molecular complexity index is 790. The molecule has 3 aromatic rings. The highest BCUT2D eigenvalue weighted by Gasteiger charge is 2.10. The molecule has 4 nitrogen and oxygen atoms in total. The minimum absolute atomic E-state index is 0.109. The average molecular weight is 314 g/mol. The molecule has 0 saturated heterocycles. The Morgan fingerprint density at radius 1 is 1.09 bits per heavy atom. The lowest BCUT2D eigenvalue weighted by Crippen LogP contribution is -2.08. The molecule has 0 aliphatic rings. The van der Waals surface area contributed by atoms with E-state index in [4.69, 9.17) is 16.3 Å². The summed E-state index contributed by atoms with van der Waals surface area (Å²) in [5.41, 5.74) is 1.99. The summed E-state index contributed by atoms with van der Waals surface area (Å²) in [4.78, 5) is 8.65. The van der Waals surface area contributed by atoms with Gasteiger partial charge in [-0.25, -0.2) is 9.97 Å². The van der Waals surface area contributed by atoms with Gasteiger partial charge < -0.3 is 10.1 Å². The van der Waals surface area contributed by atoms with Crippen molar-refractivity contribution in [1.29, 1.82) is 0 Å². The number of benzene rings is 2. The van der Waals surface area contributed by atoms with Crippen LogP contribution in [0.5, 0.6) is 5.75 Å². The van der Waals surface area contributed by atoms with E-state index >= 15 is 0 Å². The Kier molecular flexibility index (Phi) is 4.11. The van der Waals surface area contributed by atoms with Crippen LogP contribution < -0.4 is 10.1 Å². The zero-order valence-electron chi connectivity index (χ0n) is 12.4. The molecule has 1 heterocycles. The minimum Gasteiger partial charge on any atom is -0.497 e. The number of rotatable bonds is 4. The van der Waals surface area contributed by atoms with Gasteiger partial charge in [0.15, 0.2) is 0 Å². The maximum Gasteiger partial charge on any atom is 0.137 e. The highest BCUT2D eigenvalue weighted by atomic mass is 35.5. The van der Waals surface area contributed by atoms with Gasteiger partial charge in [0.25, 0.3) is 0 Å². The lowest BCUT2D eigenvalue weighted by molar-refractivity contribution is 0.415. The predicted octanol–water partition coefficient (Wildman–Crippen LogP) is 4.46. The highest BCUT2D eigenvalue weighted by Crippen LogP contribution is 2.27. The number of halogens is 1. The van der Waals surface area contributed by atoms with Crippen molar-refractivity contribution in [2.75, 3.05) is 12.4 Å². The summed E-state index contributed by atoms with van der Waals surface area (Å²) in [5.74, 6) is 1.58. The summed E-state index contributed by atoms with van der Waals surface area (Å²) in [6.45, 7) is 2.08. The maximum atomic E-state index is 5.93. The first kappa shape index (κ1) is 14.6.